The molecule has 2 aromatic rings. The van der Waals surface area contributed by atoms with Crippen molar-refractivity contribution in [3.63, 3.8) is 0 Å². The van der Waals surface area contributed by atoms with Crippen LogP contribution in [0.2, 0.25) is 0 Å². The fourth-order valence-corrected chi connectivity index (χ4v) is 2.65. The Labute approximate surface area is 151 Å². The van der Waals surface area contributed by atoms with Crippen molar-refractivity contribution >= 4 is 17.8 Å². The first-order valence-corrected chi connectivity index (χ1v) is 8.36. The third-order valence-corrected chi connectivity index (χ3v) is 4.05. The van der Waals surface area contributed by atoms with Crippen LogP contribution in [-0.4, -0.2) is 42.4 Å². The summed E-state index contributed by atoms with van der Waals surface area (Å²) in [6.07, 6.45) is 0.0932. The maximum atomic E-state index is 12.2. The van der Waals surface area contributed by atoms with Crippen LogP contribution in [0.15, 0.2) is 48.5 Å². The maximum Gasteiger partial charge on any atom is 0.309 e. The van der Waals surface area contributed by atoms with E-state index in [1.54, 1.807) is 24.3 Å². The van der Waals surface area contributed by atoms with Gasteiger partial charge in [0.15, 0.2) is 0 Å². The highest BCUT2D eigenvalue weighted by Gasteiger charge is 2.34. The number of imide groups is 1. The van der Waals surface area contributed by atoms with E-state index in [0.29, 0.717) is 16.9 Å². The van der Waals surface area contributed by atoms with E-state index in [4.69, 9.17) is 9.47 Å². The van der Waals surface area contributed by atoms with E-state index in [2.05, 4.69) is 0 Å². The van der Waals surface area contributed by atoms with Crippen molar-refractivity contribution in [2.24, 2.45) is 0 Å². The highest BCUT2D eigenvalue weighted by Crippen LogP contribution is 2.21. The number of fused-ring (bicyclic) bond motifs is 1. The van der Waals surface area contributed by atoms with E-state index in [-0.39, 0.29) is 38.0 Å². The maximum absolute atomic E-state index is 12.2. The topological polar surface area (TPSA) is 72.9 Å². The monoisotopic (exact) mass is 353 g/mol. The highest BCUT2D eigenvalue weighted by atomic mass is 16.5. The molecule has 134 valence electrons. The lowest BCUT2D eigenvalue weighted by atomic mass is 10.1. The highest BCUT2D eigenvalue weighted by molar-refractivity contribution is 6.21. The summed E-state index contributed by atoms with van der Waals surface area (Å²) < 4.78 is 10.6. The van der Waals surface area contributed by atoms with Crippen LogP contribution in [0, 0.1) is 6.92 Å². The Bertz CT molecular complexity index is 793. The Morgan fingerprint density at radius 3 is 2.15 bits per heavy atom. The van der Waals surface area contributed by atoms with Gasteiger partial charge in [0, 0.05) is 0 Å². The zero-order valence-corrected chi connectivity index (χ0v) is 14.4. The van der Waals surface area contributed by atoms with Crippen molar-refractivity contribution in [3.05, 3.63) is 65.2 Å². The Hall–Kier alpha value is -3.15. The van der Waals surface area contributed by atoms with Crippen molar-refractivity contribution in [1.29, 1.82) is 0 Å². The fourth-order valence-electron chi connectivity index (χ4n) is 2.65. The second-order valence-electron chi connectivity index (χ2n) is 5.94. The molecule has 0 radical (unpaired) electrons. The van der Waals surface area contributed by atoms with E-state index in [1.165, 1.54) is 0 Å². The average molecular weight is 353 g/mol. The number of amides is 2. The number of hydrogen-bond donors (Lipinski definition) is 0. The molecular formula is C20H19NO5. The van der Waals surface area contributed by atoms with Gasteiger partial charge in [-0.25, -0.2) is 0 Å². The number of rotatable bonds is 7. The molecule has 26 heavy (non-hydrogen) atoms. The minimum atomic E-state index is -0.436. The molecule has 3 rings (SSSR count). The number of aryl methyl sites for hydroxylation is 1. The van der Waals surface area contributed by atoms with Crippen LogP contribution >= 0.6 is 0 Å². The summed E-state index contributed by atoms with van der Waals surface area (Å²) in [7, 11) is 0. The quantitative estimate of drug-likeness (QED) is 0.565. The number of esters is 1. The Morgan fingerprint density at radius 2 is 1.54 bits per heavy atom. The van der Waals surface area contributed by atoms with Crippen LogP contribution in [0.25, 0.3) is 0 Å². The van der Waals surface area contributed by atoms with Gasteiger partial charge in [-0.3, -0.25) is 19.3 Å². The largest absolute Gasteiger partial charge is 0.493 e. The third kappa shape index (κ3) is 3.91. The molecule has 1 heterocycles. The predicted molar refractivity (Wildman–Crippen MR) is 94.1 cm³/mol. The number of benzene rings is 2. The Kier molecular flexibility index (Phi) is 5.31. The molecule has 0 saturated carbocycles. The van der Waals surface area contributed by atoms with Crippen LogP contribution < -0.4 is 4.74 Å². The van der Waals surface area contributed by atoms with Gasteiger partial charge in [-0.1, -0.05) is 29.8 Å². The standard InChI is InChI=1S/C20H19NO5/c1-14-6-8-15(9-7-14)25-12-10-18(22)26-13-11-21-19(23)16-4-2-3-5-17(16)20(21)24/h2-9H,10-13H2,1H3. The molecule has 0 aliphatic carbocycles. The molecule has 0 aromatic heterocycles. The molecule has 0 atom stereocenters. The van der Waals surface area contributed by atoms with Crippen molar-refractivity contribution in [1.82, 2.24) is 4.90 Å². The van der Waals surface area contributed by atoms with E-state index in [9.17, 15) is 14.4 Å². The molecule has 0 bridgehead atoms. The SMILES string of the molecule is Cc1ccc(OCCC(=O)OCCN2C(=O)c3ccccc3C2=O)cc1. The Balaban J connectivity index is 1.40. The molecular weight excluding hydrogens is 334 g/mol. The van der Waals surface area contributed by atoms with Gasteiger partial charge in [-0.2, -0.15) is 0 Å². The second-order valence-corrected chi connectivity index (χ2v) is 5.94. The number of carbonyl (C=O) groups excluding carboxylic acids is 3. The molecule has 0 N–H and O–H groups in total. The van der Waals surface area contributed by atoms with Gasteiger partial charge >= 0.3 is 5.97 Å². The zero-order valence-electron chi connectivity index (χ0n) is 14.4. The lowest BCUT2D eigenvalue weighted by Crippen LogP contribution is -2.33. The first-order valence-electron chi connectivity index (χ1n) is 8.36. The third-order valence-electron chi connectivity index (χ3n) is 4.05. The molecule has 0 spiro atoms. The number of hydrogen-bond acceptors (Lipinski definition) is 5. The van der Waals surface area contributed by atoms with Crippen LogP contribution in [0.5, 0.6) is 5.75 Å². The predicted octanol–water partition coefficient (Wildman–Crippen LogP) is 2.60. The van der Waals surface area contributed by atoms with Crippen LogP contribution in [-0.2, 0) is 9.53 Å². The fraction of sp³-hybridized carbons (Fsp3) is 0.250. The summed E-state index contributed by atoms with van der Waals surface area (Å²) in [6, 6.07) is 14.2. The van der Waals surface area contributed by atoms with E-state index in [1.807, 2.05) is 31.2 Å². The first kappa shape index (κ1) is 17.7. The minimum Gasteiger partial charge on any atom is -0.493 e. The zero-order chi connectivity index (χ0) is 18.5. The van der Waals surface area contributed by atoms with Gasteiger partial charge in [0.1, 0.15) is 12.4 Å². The van der Waals surface area contributed by atoms with Crippen LogP contribution in [0.3, 0.4) is 0 Å². The van der Waals surface area contributed by atoms with Gasteiger partial charge in [0.05, 0.1) is 30.7 Å². The van der Waals surface area contributed by atoms with E-state index in [0.717, 1.165) is 10.5 Å². The summed E-state index contributed by atoms with van der Waals surface area (Å²) in [4.78, 5) is 37.2. The molecule has 6 heteroatoms. The smallest absolute Gasteiger partial charge is 0.309 e. The molecule has 1 aliphatic rings. The minimum absolute atomic E-state index is 0.0329. The van der Waals surface area contributed by atoms with Gasteiger partial charge in [0.2, 0.25) is 0 Å². The summed E-state index contributed by atoms with van der Waals surface area (Å²) >= 11 is 0. The molecule has 2 amide bonds. The first-order chi connectivity index (χ1) is 12.6. The number of nitrogens with zero attached hydrogens (tertiary/aromatic N) is 1. The number of carbonyl (C=O) groups is 3. The normalized spacial score (nSPS) is 12.9. The van der Waals surface area contributed by atoms with Gasteiger partial charge in [0.25, 0.3) is 11.8 Å². The van der Waals surface area contributed by atoms with Crippen molar-refractivity contribution in [3.8, 4) is 5.75 Å². The summed E-state index contributed by atoms with van der Waals surface area (Å²) in [5, 5.41) is 0. The molecule has 0 saturated heterocycles. The van der Waals surface area contributed by atoms with E-state index >= 15 is 0 Å². The van der Waals surface area contributed by atoms with Gasteiger partial charge in [-0.15, -0.1) is 0 Å². The van der Waals surface area contributed by atoms with Gasteiger partial charge in [-0.05, 0) is 31.2 Å². The molecule has 6 nitrogen and oxygen atoms in total. The lowest BCUT2D eigenvalue weighted by molar-refractivity contribution is -0.144. The average Bonchev–Trinajstić information content (AvgIpc) is 2.89. The molecule has 0 fully saturated rings. The second kappa shape index (κ2) is 7.82. The molecule has 1 aliphatic heterocycles. The van der Waals surface area contributed by atoms with E-state index < -0.39 is 5.97 Å². The van der Waals surface area contributed by atoms with Crippen molar-refractivity contribution < 1.29 is 23.9 Å². The summed E-state index contributed by atoms with van der Waals surface area (Å²) in [6.45, 7) is 2.19. The van der Waals surface area contributed by atoms with Crippen molar-refractivity contribution in [2.45, 2.75) is 13.3 Å². The van der Waals surface area contributed by atoms with Crippen molar-refractivity contribution in [2.75, 3.05) is 19.8 Å². The summed E-state index contributed by atoms with van der Waals surface area (Å²) in [5.41, 5.74) is 1.90. The van der Waals surface area contributed by atoms with Gasteiger partial charge < -0.3 is 9.47 Å². The van der Waals surface area contributed by atoms with Crippen LogP contribution in [0.4, 0.5) is 0 Å². The van der Waals surface area contributed by atoms with Crippen LogP contribution in [0.1, 0.15) is 32.7 Å². The Morgan fingerprint density at radius 1 is 0.923 bits per heavy atom. The number of ether oxygens (including phenoxy) is 2. The lowest BCUT2D eigenvalue weighted by Gasteiger charge is -2.13. The molecule has 0 unspecified atom stereocenters. The molecule has 2 aromatic carbocycles. The summed E-state index contributed by atoms with van der Waals surface area (Å²) in [5.74, 6) is -0.461.